The number of aliphatic hydroxyl groups is 2. The Labute approximate surface area is 353 Å². The van der Waals surface area contributed by atoms with Gasteiger partial charge in [-0.05, 0) is 57.8 Å². The average Bonchev–Trinajstić information content (AvgIpc) is 3.21. The van der Waals surface area contributed by atoms with Crippen LogP contribution < -0.4 is 5.32 Å². The monoisotopic (exact) mass is 802 g/mol. The second-order valence-corrected chi connectivity index (χ2v) is 16.8. The first-order valence-electron chi connectivity index (χ1n) is 24.8. The summed E-state index contributed by atoms with van der Waals surface area (Å²) in [5, 5.41) is 23.0. The molecule has 3 N–H and O–H groups in total. The van der Waals surface area contributed by atoms with Gasteiger partial charge in [-0.3, -0.25) is 9.59 Å². The van der Waals surface area contributed by atoms with Crippen LogP contribution in [0.3, 0.4) is 0 Å². The first kappa shape index (κ1) is 55.1. The zero-order valence-corrected chi connectivity index (χ0v) is 37.8. The number of hydrogen-bond donors (Lipinski definition) is 3. The van der Waals surface area contributed by atoms with Crippen LogP contribution in [0.15, 0.2) is 36.5 Å². The first-order valence-corrected chi connectivity index (χ1v) is 24.8. The van der Waals surface area contributed by atoms with E-state index in [2.05, 4.69) is 43.5 Å². The summed E-state index contributed by atoms with van der Waals surface area (Å²) in [7, 11) is 0. The normalized spacial score (nSPS) is 13.0. The number of amides is 1. The maximum Gasteiger partial charge on any atom is 0.305 e. The minimum Gasteiger partial charge on any atom is -0.466 e. The van der Waals surface area contributed by atoms with E-state index in [1.54, 1.807) is 6.08 Å². The summed E-state index contributed by atoms with van der Waals surface area (Å²) in [5.41, 5.74) is 0. The Morgan fingerprint density at radius 1 is 0.491 bits per heavy atom. The van der Waals surface area contributed by atoms with E-state index in [4.69, 9.17) is 4.74 Å². The quantitative estimate of drug-likeness (QED) is 0.0324. The van der Waals surface area contributed by atoms with Crippen molar-refractivity contribution in [3.63, 3.8) is 0 Å². The lowest BCUT2D eigenvalue weighted by atomic mass is 10.0. The van der Waals surface area contributed by atoms with Gasteiger partial charge in [0.05, 0.1) is 25.4 Å². The second-order valence-electron chi connectivity index (χ2n) is 16.8. The van der Waals surface area contributed by atoms with Crippen molar-refractivity contribution < 1.29 is 24.5 Å². The van der Waals surface area contributed by atoms with Crippen molar-refractivity contribution in [1.82, 2.24) is 5.32 Å². The highest BCUT2D eigenvalue weighted by Crippen LogP contribution is 2.15. The first-order chi connectivity index (χ1) is 28.0. The van der Waals surface area contributed by atoms with Crippen molar-refractivity contribution >= 4 is 11.9 Å². The van der Waals surface area contributed by atoms with Gasteiger partial charge in [-0.1, -0.05) is 217 Å². The Morgan fingerprint density at radius 2 is 0.912 bits per heavy atom. The third-order valence-electron chi connectivity index (χ3n) is 11.1. The second kappa shape index (κ2) is 46.8. The summed E-state index contributed by atoms with van der Waals surface area (Å²) in [4.78, 5) is 24.4. The zero-order valence-electron chi connectivity index (χ0n) is 37.8. The summed E-state index contributed by atoms with van der Waals surface area (Å²) in [6, 6.07) is -0.634. The fraction of sp³-hybridized carbons (Fsp3) is 0.843. The molecule has 0 aliphatic heterocycles. The lowest BCUT2D eigenvalue weighted by molar-refractivity contribution is -0.143. The molecule has 334 valence electrons. The van der Waals surface area contributed by atoms with Gasteiger partial charge in [-0.2, -0.15) is 0 Å². The van der Waals surface area contributed by atoms with Crippen LogP contribution in [-0.4, -0.2) is 47.4 Å². The number of carbonyl (C=O) groups excluding carboxylic acids is 2. The van der Waals surface area contributed by atoms with Crippen molar-refractivity contribution in [2.24, 2.45) is 0 Å². The molecule has 0 saturated heterocycles. The molecule has 0 aliphatic carbocycles. The topological polar surface area (TPSA) is 95.9 Å². The third kappa shape index (κ3) is 43.5. The Bertz CT molecular complexity index is 931. The predicted octanol–water partition coefficient (Wildman–Crippen LogP) is 14.5. The van der Waals surface area contributed by atoms with E-state index in [1.165, 1.54) is 161 Å². The molecule has 0 aromatic rings. The molecular weight excluding hydrogens is 707 g/mol. The minimum atomic E-state index is -0.849. The van der Waals surface area contributed by atoms with Crippen LogP contribution in [0.2, 0.25) is 0 Å². The van der Waals surface area contributed by atoms with Gasteiger partial charge in [-0.15, -0.1) is 0 Å². The number of hydrogen-bond acceptors (Lipinski definition) is 5. The highest BCUT2D eigenvalue weighted by molar-refractivity contribution is 5.76. The van der Waals surface area contributed by atoms with E-state index in [0.29, 0.717) is 19.4 Å². The van der Waals surface area contributed by atoms with E-state index in [9.17, 15) is 19.8 Å². The van der Waals surface area contributed by atoms with Crippen LogP contribution in [-0.2, 0) is 14.3 Å². The maximum atomic E-state index is 12.4. The van der Waals surface area contributed by atoms with Crippen molar-refractivity contribution in [3.8, 4) is 0 Å². The number of nitrogens with one attached hydrogen (secondary N) is 1. The molecule has 0 rings (SSSR count). The molecule has 1 amide bonds. The molecule has 0 bridgehead atoms. The van der Waals surface area contributed by atoms with Crippen LogP contribution >= 0.6 is 0 Å². The van der Waals surface area contributed by atoms with Gasteiger partial charge in [-0.25, -0.2) is 0 Å². The molecule has 0 aromatic heterocycles. The predicted molar refractivity (Wildman–Crippen MR) is 246 cm³/mol. The van der Waals surface area contributed by atoms with Crippen molar-refractivity contribution in [2.45, 2.75) is 264 Å². The van der Waals surface area contributed by atoms with Gasteiger partial charge in [0.1, 0.15) is 0 Å². The Kier molecular flexibility index (Phi) is 45.2. The molecule has 0 fully saturated rings. The molecule has 6 nitrogen and oxygen atoms in total. The lowest BCUT2D eigenvalue weighted by Gasteiger charge is -2.20. The van der Waals surface area contributed by atoms with Crippen LogP contribution in [0.1, 0.15) is 251 Å². The number of rotatable bonds is 45. The van der Waals surface area contributed by atoms with E-state index < -0.39 is 12.1 Å². The number of ether oxygens (including phenoxy) is 1. The highest BCUT2D eigenvalue weighted by Gasteiger charge is 2.18. The Morgan fingerprint density at radius 3 is 1.40 bits per heavy atom. The molecule has 0 heterocycles. The fourth-order valence-corrected chi connectivity index (χ4v) is 7.32. The number of esters is 1. The summed E-state index contributed by atoms with van der Waals surface area (Å²) < 4.78 is 5.45. The molecule has 0 spiro atoms. The zero-order chi connectivity index (χ0) is 41.5. The number of aliphatic hydroxyl groups excluding tert-OH is 2. The molecule has 57 heavy (non-hydrogen) atoms. The Hall–Kier alpha value is -1.92. The third-order valence-corrected chi connectivity index (χ3v) is 11.1. The molecular formula is C51H95NO5. The molecule has 0 aliphatic rings. The summed E-state index contributed by atoms with van der Waals surface area (Å²) in [6.07, 6.45) is 55.6. The Balaban J connectivity index is 3.47. The van der Waals surface area contributed by atoms with Crippen LogP contribution in [0.5, 0.6) is 0 Å². The molecule has 6 heteroatoms. The van der Waals surface area contributed by atoms with Crippen molar-refractivity contribution in [1.29, 1.82) is 0 Å². The minimum absolute atomic E-state index is 0.0167. The lowest BCUT2D eigenvalue weighted by Crippen LogP contribution is -2.45. The maximum absolute atomic E-state index is 12.4. The van der Waals surface area contributed by atoms with Gasteiger partial charge in [0.15, 0.2) is 0 Å². The van der Waals surface area contributed by atoms with Crippen LogP contribution in [0, 0.1) is 0 Å². The summed E-state index contributed by atoms with van der Waals surface area (Å²) in [6.45, 7) is 4.80. The largest absolute Gasteiger partial charge is 0.466 e. The van der Waals surface area contributed by atoms with Crippen molar-refractivity contribution in [2.75, 3.05) is 13.2 Å². The smallest absolute Gasteiger partial charge is 0.305 e. The molecule has 0 radical (unpaired) electrons. The number of allylic oxidation sites excluding steroid dienone is 5. The molecule has 2 unspecified atom stereocenters. The highest BCUT2D eigenvalue weighted by atomic mass is 16.5. The summed E-state index contributed by atoms with van der Waals surface area (Å²) in [5.74, 6) is -0.0955. The van der Waals surface area contributed by atoms with E-state index >= 15 is 0 Å². The number of unbranched alkanes of at least 4 members (excludes halogenated alkanes) is 30. The molecule has 2 atom stereocenters. The van der Waals surface area contributed by atoms with Gasteiger partial charge in [0.25, 0.3) is 0 Å². The standard InChI is InChI=1S/C51H95NO5/c1-3-5-7-9-11-13-15-20-25-29-33-37-41-45-51(56)57-46-42-38-34-30-26-22-19-17-18-21-24-28-32-36-40-44-50(55)52-48(47-53)49(54)43-39-35-31-27-23-16-14-12-10-8-6-4-2/h7,9,13,15,39,43,48-49,53-54H,3-6,8,10-12,14,16-38,40-42,44-47H2,1-2H3,(H,52,55)/b9-7-,15-13-,43-39+. The van der Waals surface area contributed by atoms with E-state index in [1.807, 2.05) is 6.08 Å². The molecule has 0 saturated carbocycles. The van der Waals surface area contributed by atoms with Gasteiger partial charge >= 0.3 is 5.97 Å². The van der Waals surface area contributed by atoms with Crippen LogP contribution in [0.25, 0.3) is 0 Å². The summed E-state index contributed by atoms with van der Waals surface area (Å²) >= 11 is 0. The van der Waals surface area contributed by atoms with Crippen molar-refractivity contribution in [3.05, 3.63) is 36.5 Å². The van der Waals surface area contributed by atoms with Gasteiger partial charge < -0.3 is 20.3 Å². The van der Waals surface area contributed by atoms with E-state index in [-0.39, 0.29) is 18.5 Å². The van der Waals surface area contributed by atoms with E-state index in [0.717, 1.165) is 64.2 Å². The van der Waals surface area contributed by atoms with Gasteiger partial charge in [0, 0.05) is 12.8 Å². The number of carbonyl (C=O) groups is 2. The SMILES string of the molecule is CCC/C=C\C/C=C\CCCCCCCC(=O)OCCCCCCCCCCCCCCCCCC(=O)NC(CO)C(O)/C=C/CCCCCCCCCCCC. The fourth-order valence-electron chi connectivity index (χ4n) is 7.32. The van der Waals surface area contributed by atoms with Gasteiger partial charge in [0.2, 0.25) is 5.91 Å². The van der Waals surface area contributed by atoms with Crippen LogP contribution in [0.4, 0.5) is 0 Å². The average molecular weight is 802 g/mol. The molecule has 0 aromatic carbocycles.